The Balaban J connectivity index is 2.13. The van der Waals surface area contributed by atoms with Gasteiger partial charge in [0.2, 0.25) is 5.91 Å². The Hall–Kier alpha value is -0.260. The highest BCUT2D eigenvalue weighted by molar-refractivity contribution is 7.99. The smallest absolute Gasteiger partial charge is 0.234 e. The van der Waals surface area contributed by atoms with Crippen molar-refractivity contribution in [3.63, 3.8) is 0 Å². The maximum atomic E-state index is 11.6. The summed E-state index contributed by atoms with van der Waals surface area (Å²) >= 11 is 1.86. The number of ether oxygens (including phenoxy) is 1. The third-order valence-electron chi connectivity index (χ3n) is 2.87. The molecule has 0 aliphatic heterocycles. The second-order valence-corrected chi connectivity index (χ2v) is 5.13. The van der Waals surface area contributed by atoms with Gasteiger partial charge in [0.1, 0.15) is 0 Å². The van der Waals surface area contributed by atoms with Crippen LogP contribution in [0.3, 0.4) is 0 Å². The Morgan fingerprint density at radius 2 is 2.31 bits per heavy atom. The molecule has 2 atom stereocenters. The summed E-state index contributed by atoms with van der Waals surface area (Å²) in [7, 11) is 1.66. The molecule has 1 fully saturated rings. The maximum absolute atomic E-state index is 11.6. The van der Waals surface area contributed by atoms with Gasteiger partial charge in [0.05, 0.1) is 13.2 Å². The molecule has 0 heterocycles. The van der Waals surface area contributed by atoms with Gasteiger partial charge in [-0.3, -0.25) is 4.79 Å². The summed E-state index contributed by atoms with van der Waals surface area (Å²) < 4.78 is 4.89. The van der Waals surface area contributed by atoms with Crippen molar-refractivity contribution < 1.29 is 9.53 Å². The first kappa shape index (κ1) is 13.8. The predicted octanol–water partition coefficient (Wildman–Crippen LogP) is 0.623. The Morgan fingerprint density at radius 3 is 3.00 bits per heavy atom. The van der Waals surface area contributed by atoms with Gasteiger partial charge in [0.25, 0.3) is 0 Å². The van der Waals surface area contributed by atoms with Gasteiger partial charge >= 0.3 is 0 Å². The minimum atomic E-state index is 0.0991. The summed E-state index contributed by atoms with van der Waals surface area (Å²) in [5, 5.41) is 6.74. The van der Waals surface area contributed by atoms with Crippen LogP contribution in [0.25, 0.3) is 0 Å². The van der Waals surface area contributed by atoms with Crippen LogP contribution in [0.5, 0.6) is 0 Å². The molecule has 1 saturated carbocycles. The summed E-state index contributed by atoms with van der Waals surface area (Å²) in [5.41, 5.74) is 0. The zero-order valence-electron chi connectivity index (χ0n) is 10.1. The fourth-order valence-corrected chi connectivity index (χ4v) is 2.94. The van der Waals surface area contributed by atoms with Crippen LogP contribution in [0.4, 0.5) is 0 Å². The van der Waals surface area contributed by atoms with E-state index in [-0.39, 0.29) is 5.91 Å². The van der Waals surface area contributed by atoms with E-state index in [0.717, 1.165) is 13.0 Å². The van der Waals surface area contributed by atoms with Crippen LogP contribution in [0.1, 0.15) is 19.3 Å². The number of carbonyl (C=O) groups is 1. The Morgan fingerprint density at radius 1 is 1.50 bits per heavy atom. The first-order chi connectivity index (χ1) is 7.77. The molecule has 5 heteroatoms. The monoisotopic (exact) mass is 246 g/mol. The zero-order chi connectivity index (χ0) is 11.8. The van der Waals surface area contributed by atoms with Gasteiger partial charge in [0.15, 0.2) is 0 Å². The van der Waals surface area contributed by atoms with Gasteiger partial charge in [-0.15, -0.1) is 0 Å². The van der Waals surface area contributed by atoms with Crippen molar-refractivity contribution in [1.82, 2.24) is 10.6 Å². The molecule has 1 aliphatic rings. The molecule has 0 saturated heterocycles. The summed E-state index contributed by atoms with van der Waals surface area (Å²) in [6.07, 6.45) is 5.69. The lowest BCUT2D eigenvalue weighted by atomic mass is 10.2. The van der Waals surface area contributed by atoms with E-state index in [2.05, 4.69) is 16.9 Å². The second kappa shape index (κ2) is 7.92. The molecule has 0 bridgehead atoms. The van der Waals surface area contributed by atoms with Crippen molar-refractivity contribution in [2.24, 2.45) is 0 Å². The molecular formula is C11H22N2O2S. The fraction of sp³-hybridized carbons (Fsp3) is 0.909. The molecule has 94 valence electrons. The zero-order valence-corrected chi connectivity index (χ0v) is 10.9. The van der Waals surface area contributed by atoms with E-state index < -0.39 is 0 Å². The van der Waals surface area contributed by atoms with Gasteiger partial charge in [0, 0.05) is 24.9 Å². The van der Waals surface area contributed by atoms with Crippen molar-refractivity contribution in [3.8, 4) is 0 Å². The largest absolute Gasteiger partial charge is 0.383 e. The van der Waals surface area contributed by atoms with Crippen LogP contribution in [0.15, 0.2) is 0 Å². The summed E-state index contributed by atoms with van der Waals surface area (Å²) in [5.74, 6) is 0.0991. The number of thioether (sulfide) groups is 1. The molecule has 2 unspecified atom stereocenters. The number of methoxy groups -OCH3 is 1. The van der Waals surface area contributed by atoms with Crippen LogP contribution in [-0.2, 0) is 9.53 Å². The summed E-state index contributed by atoms with van der Waals surface area (Å²) in [6.45, 7) is 1.76. The summed E-state index contributed by atoms with van der Waals surface area (Å²) in [4.78, 5) is 11.6. The Labute approximate surface area is 102 Å². The van der Waals surface area contributed by atoms with Gasteiger partial charge in [-0.1, -0.05) is 6.42 Å². The highest BCUT2D eigenvalue weighted by Gasteiger charge is 2.27. The van der Waals surface area contributed by atoms with E-state index in [0.29, 0.717) is 24.4 Å². The first-order valence-corrected chi connectivity index (χ1v) is 7.08. The quantitative estimate of drug-likeness (QED) is 0.647. The van der Waals surface area contributed by atoms with Gasteiger partial charge < -0.3 is 15.4 Å². The highest BCUT2D eigenvalue weighted by Crippen LogP contribution is 2.28. The number of amides is 1. The average Bonchev–Trinajstić information content (AvgIpc) is 2.71. The number of nitrogens with one attached hydrogen (secondary N) is 2. The van der Waals surface area contributed by atoms with Crippen molar-refractivity contribution in [2.75, 3.05) is 33.1 Å². The van der Waals surface area contributed by atoms with E-state index in [9.17, 15) is 4.79 Å². The van der Waals surface area contributed by atoms with Gasteiger partial charge in [-0.2, -0.15) is 11.8 Å². The molecule has 1 amide bonds. The van der Waals surface area contributed by atoms with Crippen molar-refractivity contribution in [2.45, 2.75) is 30.6 Å². The normalized spacial score (nSPS) is 24.6. The Bertz CT molecular complexity index is 214. The van der Waals surface area contributed by atoms with E-state index in [1.165, 1.54) is 12.8 Å². The number of hydrogen-bond acceptors (Lipinski definition) is 4. The van der Waals surface area contributed by atoms with Gasteiger partial charge in [-0.05, 0) is 19.1 Å². The number of carbonyl (C=O) groups excluding carboxylic acids is 1. The van der Waals surface area contributed by atoms with Crippen LogP contribution in [-0.4, -0.2) is 50.3 Å². The molecule has 1 aliphatic carbocycles. The molecule has 4 nitrogen and oxygen atoms in total. The predicted molar refractivity (Wildman–Crippen MR) is 67.8 cm³/mol. The molecule has 0 radical (unpaired) electrons. The molecule has 0 aromatic carbocycles. The van der Waals surface area contributed by atoms with Crippen molar-refractivity contribution in [3.05, 3.63) is 0 Å². The Kier molecular flexibility index (Phi) is 6.84. The van der Waals surface area contributed by atoms with Crippen LogP contribution < -0.4 is 10.6 Å². The minimum Gasteiger partial charge on any atom is -0.383 e. The minimum absolute atomic E-state index is 0.0991. The van der Waals surface area contributed by atoms with Crippen LogP contribution in [0, 0.1) is 0 Å². The topological polar surface area (TPSA) is 50.4 Å². The van der Waals surface area contributed by atoms with E-state index in [1.54, 1.807) is 7.11 Å². The molecule has 0 aromatic heterocycles. The number of rotatable bonds is 7. The first-order valence-electron chi connectivity index (χ1n) is 5.79. The van der Waals surface area contributed by atoms with Crippen molar-refractivity contribution >= 4 is 17.7 Å². The summed E-state index contributed by atoms with van der Waals surface area (Å²) in [6, 6.07) is 0.367. The second-order valence-electron chi connectivity index (χ2n) is 4.05. The van der Waals surface area contributed by atoms with E-state index in [1.807, 2.05) is 11.8 Å². The molecule has 16 heavy (non-hydrogen) atoms. The third-order valence-corrected chi connectivity index (χ3v) is 4.04. The maximum Gasteiger partial charge on any atom is 0.234 e. The lowest BCUT2D eigenvalue weighted by Gasteiger charge is -2.19. The van der Waals surface area contributed by atoms with Crippen LogP contribution >= 0.6 is 11.8 Å². The standard InChI is InChI=1S/C11H22N2O2S/c1-15-7-6-12-8-11(14)13-9-4-3-5-10(9)16-2/h9-10,12H,3-8H2,1-2H3,(H,13,14). The fourth-order valence-electron chi connectivity index (χ4n) is 2.01. The SMILES string of the molecule is COCCNCC(=O)NC1CCCC1SC. The van der Waals surface area contributed by atoms with E-state index >= 15 is 0 Å². The van der Waals surface area contributed by atoms with E-state index in [4.69, 9.17) is 4.74 Å². The molecule has 1 rings (SSSR count). The van der Waals surface area contributed by atoms with Gasteiger partial charge in [-0.25, -0.2) is 0 Å². The average molecular weight is 246 g/mol. The molecular weight excluding hydrogens is 224 g/mol. The van der Waals surface area contributed by atoms with Crippen molar-refractivity contribution in [1.29, 1.82) is 0 Å². The highest BCUT2D eigenvalue weighted by atomic mass is 32.2. The third kappa shape index (κ3) is 4.72. The lowest BCUT2D eigenvalue weighted by Crippen LogP contribution is -2.43. The molecule has 0 spiro atoms. The van der Waals surface area contributed by atoms with Crippen LogP contribution in [0.2, 0.25) is 0 Å². The molecule has 2 N–H and O–H groups in total. The number of hydrogen-bond donors (Lipinski definition) is 2. The molecule has 0 aromatic rings. The lowest BCUT2D eigenvalue weighted by molar-refractivity contribution is -0.120.